The number of benzene rings is 1. The summed E-state index contributed by atoms with van der Waals surface area (Å²) in [6.07, 6.45) is 3.17. The van der Waals surface area contributed by atoms with Crippen molar-refractivity contribution in [2.24, 2.45) is 0 Å². The number of imidazole rings is 1. The molecule has 2 bridgehead atoms. The van der Waals surface area contributed by atoms with Crippen molar-refractivity contribution in [3.05, 3.63) is 24.5 Å². The summed E-state index contributed by atoms with van der Waals surface area (Å²) in [5, 5.41) is 0. The van der Waals surface area contributed by atoms with Gasteiger partial charge in [-0.1, -0.05) is 6.07 Å². The van der Waals surface area contributed by atoms with Crippen molar-refractivity contribution in [3.63, 3.8) is 0 Å². The number of hydrogen-bond donors (Lipinski definition) is 1. The molecule has 0 radical (unpaired) electrons. The molecule has 3 aliphatic heterocycles. The van der Waals surface area contributed by atoms with Crippen molar-refractivity contribution >= 4 is 16.7 Å². The van der Waals surface area contributed by atoms with Gasteiger partial charge in [0.05, 0.1) is 17.5 Å². The molecule has 0 aliphatic carbocycles. The molecule has 5 nitrogen and oxygen atoms in total. The molecule has 1 aromatic heterocycles. The molecule has 0 spiro atoms. The second-order valence-corrected chi connectivity index (χ2v) is 6.81. The summed E-state index contributed by atoms with van der Waals surface area (Å²) in [6, 6.07) is 8.76. The van der Waals surface area contributed by atoms with Gasteiger partial charge in [-0.3, -0.25) is 4.90 Å². The minimum atomic E-state index is 0.739. The van der Waals surface area contributed by atoms with E-state index in [0.717, 1.165) is 42.2 Å². The normalized spacial score (nSPS) is 30.4. The van der Waals surface area contributed by atoms with Gasteiger partial charge in [0.25, 0.3) is 0 Å². The zero-order valence-corrected chi connectivity index (χ0v) is 12.4. The quantitative estimate of drug-likeness (QED) is 0.897. The van der Waals surface area contributed by atoms with E-state index >= 15 is 0 Å². The fraction of sp³-hybridized carbons (Fsp3) is 0.562. The summed E-state index contributed by atoms with van der Waals surface area (Å²) in [7, 11) is 2.27. The number of para-hydroxylation sites is 1. The Hall–Kier alpha value is -1.59. The molecule has 2 aromatic rings. The number of fused-ring (bicyclic) bond motifs is 3. The monoisotopic (exact) mass is 283 g/mol. The average Bonchev–Trinajstić information content (AvgIpc) is 3.11. The van der Waals surface area contributed by atoms with E-state index in [1.54, 1.807) is 6.33 Å². The molecule has 4 heterocycles. The lowest BCUT2D eigenvalue weighted by Crippen LogP contribution is -2.63. The lowest BCUT2D eigenvalue weighted by molar-refractivity contribution is 0.0912. The molecule has 2 unspecified atom stereocenters. The van der Waals surface area contributed by atoms with Crippen LogP contribution in [0.3, 0.4) is 0 Å². The van der Waals surface area contributed by atoms with Crippen molar-refractivity contribution < 1.29 is 0 Å². The minimum Gasteiger partial charge on any atom is -0.366 e. The van der Waals surface area contributed by atoms with Crippen LogP contribution in [0.4, 0.5) is 5.69 Å². The van der Waals surface area contributed by atoms with Crippen molar-refractivity contribution in [1.29, 1.82) is 0 Å². The zero-order chi connectivity index (χ0) is 14.0. The minimum absolute atomic E-state index is 0.739. The predicted octanol–water partition coefficient (Wildman–Crippen LogP) is 1.14. The van der Waals surface area contributed by atoms with E-state index in [4.69, 9.17) is 0 Å². The number of H-pyrrole nitrogens is 1. The molecule has 1 aromatic carbocycles. The Labute approximate surface area is 124 Å². The Morgan fingerprint density at radius 2 is 2.00 bits per heavy atom. The molecule has 3 aliphatic rings. The third-order valence-electron chi connectivity index (χ3n) is 5.66. The van der Waals surface area contributed by atoms with Crippen molar-refractivity contribution in [2.45, 2.75) is 24.5 Å². The number of piperazine rings is 1. The van der Waals surface area contributed by atoms with Gasteiger partial charge in [-0.25, -0.2) is 4.98 Å². The van der Waals surface area contributed by atoms with Gasteiger partial charge in [0.15, 0.2) is 0 Å². The molecule has 110 valence electrons. The first-order valence-electron chi connectivity index (χ1n) is 7.92. The van der Waals surface area contributed by atoms with Crippen LogP contribution in [0.1, 0.15) is 6.42 Å². The number of anilines is 1. The smallest absolute Gasteiger partial charge is 0.112 e. The van der Waals surface area contributed by atoms with Crippen LogP contribution >= 0.6 is 0 Å². The Balaban J connectivity index is 1.32. The molecule has 5 heteroatoms. The summed E-state index contributed by atoms with van der Waals surface area (Å²) in [6.45, 7) is 4.83. The van der Waals surface area contributed by atoms with Gasteiger partial charge in [0, 0.05) is 44.3 Å². The third-order valence-corrected chi connectivity index (χ3v) is 5.66. The second kappa shape index (κ2) is 4.21. The maximum atomic E-state index is 4.47. The molecule has 3 saturated heterocycles. The van der Waals surface area contributed by atoms with Crippen LogP contribution in [0.25, 0.3) is 11.0 Å². The van der Waals surface area contributed by atoms with Crippen LogP contribution in [-0.2, 0) is 0 Å². The maximum absolute atomic E-state index is 4.47. The number of likely N-dealkylation sites (N-methyl/N-ethyl adjacent to an activating group) is 1. The largest absolute Gasteiger partial charge is 0.366 e. The predicted molar refractivity (Wildman–Crippen MR) is 83.6 cm³/mol. The van der Waals surface area contributed by atoms with Crippen LogP contribution in [0.5, 0.6) is 0 Å². The Morgan fingerprint density at radius 1 is 1.10 bits per heavy atom. The van der Waals surface area contributed by atoms with Gasteiger partial charge in [-0.15, -0.1) is 0 Å². The lowest BCUT2D eigenvalue weighted by Gasteiger charge is -2.48. The highest BCUT2D eigenvalue weighted by Gasteiger charge is 2.47. The molecular weight excluding hydrogens is 262 g/mol. The Kier molecular flexibility index (Phi) is 2.41. The molecule has 1 N–H and O–H groups in total. The van der Waals surface area contributed by atoms with Gasteiger partial charge in [-0.05, 0) is 25.6 Å². The van der Waals surface area contributed by atoms with Crippen molar-refractivity contribution in [3.8, 4) is 0 Å². The van der Waals surface area contributed by atoms with Gasteiger partial charge in [0.1, 0.15) is 5.52 Å². The molecule has 0 amide bonds. The van der Waals surface area contributed by atoms with Gasteiger partial charge >= 0.3 is 0 Å². The summed E-state index contributed by atoms with van der Waals surface area (Å²) in [5.74, 6) is 0. The van der Waals surface area contributed by atoms with Crippen LogP contribution < -0.4 is 4.90 Å². The molecule has 21 heavy (non-hydrogen) atoms. The first kappa shape index (κ1) is 12.0. The number of nitrogens with one attached hydrogen (secondary N) is 1. The maximum Gasteiger partial charge on any atom is 0.112 e. The highest BCUT2D eigenvalue weighted by Crippen LogP contribution is 2.35. The van der Waals surface area contributed by atoms with Crippen LogP contribution in [0.15, 0.2) is 24.5 Å². The van der Waals surface area contributed by atoms with E-state index in [2.05, 4.69) is 49.9 Å². The first-order chi connectivity index (χ1) is 10.3. The average molecular weight is 283 g/mol. The van der Waals surface area contributed by atoms with Crippen LogP contribution in [0, 0.1) is 0 Å². The molecular formula is C16H21N5. The van der Waals surface area contributed by atoms with Crippen molar-refractivity contribution in [2.75, 3.05) is 38.1 Å². The number of aromatic amines is 1. The summed E-state index contributed by atoms with van der Waals surface area (Å²) in [4.78, 5) is 15.4. The fourth-order valence-corrected chi connectivity index (χ4v) is 4.41. The summed E-state index contributed by atoms with van der Waals surface area (Å²) in [5.41, 5.74) is 3.53. The first-order valence-corrected chi connectivity index (χ1v) is 7.92. The second-order valence-electron chi connectivity index (χ2n) is 6.81. The standard InChI is InChI=1S/C16H21N5/c1-19-6-12-5-11(19)9-21(12)13-7-20(8-13)15-4-2-3-14-16(15)18-10-17-14/h2-4,10-13H,5-9H2,1H3,(H,17,18). The molecule has 3 fully saturated rings. The van der Waals surface area contributed by atoms with Crippen LogP contribution in [0.2, 0.25) is 0 Å². The summed E-state index contributed by atoms with van der Waals surface area (Å²) >= 11 is 0. The number of aromatic nitrogens is 2. The van der Waals surface area contributed by atoms with Gasteiger partial charge < -0.3 is 14.8 Å². The topological polar surface area (TPSA) is 38.4 Å². The number of nitrogens with zero attached hydrogens (tertiary/aromatic N) is 4. The van der Waals surface area contributed by atoms with Gasteiger partial charge in [-0.2, -0.15) is 0 Å². The van der Waals surface area contributed by atoms with E-state index in [1.807, 2.05) is 0 Å². The van der Waals surface area contributed by atoms with E-state index in [9.17, 15) is 0 Å². The number of likely N-dealkylation sites (tertiary alicyclic amines) is 2. The zero-order valence-electron chi connectivity index (χ0n) is 12.4. The molecule has 5 rings (SSSR count). The van der Waals surface area contributed by atoms with E-state index in [0.29, 0.717) is 0 Å². The third kappa shape index (κ3) is 1.67. The molecule has 0 saturated carbocycles. The SMILES string of the molecule is CN1CC2CC1CN2C1CN(c2cccc3[nH]cnc23)C1. The number of rotatable bonds is 2. The van der Waals surface area contributed by atoms with Crippen LogP contribution in [-0.4, -0.2) is 71.1 Å². The Bertz CT molecular complexity index is 672. The Morgan fingerprint density at radius 3 is 2.76 bits per heavy atom. The van der Waals surface area contributed by atoms with Gasteiger partial charge in [0.2, 0.25) is 0 Å². The van der Waals surface area contributed by atoms with E-state index in [1.165, 1.54) is 25.2 Å². The number of hydrogen-bond acceptors (Lipinski definition) is 4. The highest BCUT2D eigenvalue weighted by atomic mass is 15.4. The van der Waals surface area contributed by atoms with Crippen molar-refractivity contribution in [1.82, 2.24) is 19.8 Å². The van der Waals surface area contributed by atoms with E-state index in [-0.39, 0.29) is 0 Å². The lowest BCUT2D eigenvalue weighted by atomic mass is 10.0. The summed E-state index contributed by atoms with van der Waals surface area (Å²) < 4.78 is 0. The highest BCUT2D eigenvalue weighted by molar-refractivity contribution is 5.88. The van der Waals surface area contributed by atoms with E-state index < -0.39 is 0 Å². The molecule has 2 atom stereocenters. The fourth-order valence-electron chi connectivity index (χ4n) is 4.41.